The number of rotatable bonds is 7. The van der Waals surface area contributed by atoms with Gasteiger partial charge in [0.2, 0.25) is 20.0 Å². The van der Waals surface area contributed by atoms with E-state index in [0.29, 0.717) is 37.8 Å². The molecule has 2 aromatic rings. The van der Waals surface area contributed by atoms with E-state index in [4.69, 9.17) is 4.74 Å². The summed E-state index contributed by atoms with van der Waals surface area (Å²) in [5, 5.41) is 2.72. The van der Waals surface area contributed by atoms with Gasteiger partial charge in [-0.1, -0.05) is 13.3 Å². The summed E-state index contributed by atoms with van der Waals surface area (Å²) < 4.78 is 60.4. The Hall–Kier alpha value is -2.47. The topological polar surface area (TPSA) is 113 Å². The lowest BCUT2D eigenvalue weighted by molar-refractivity contribution is 0.102. The van der Waals surface area contributed by atoms with Crippen LogP contribution in [-0.2, 0) is 20.0 Å². The Kier molecular flexibility index (Phi) is 8.03. The average molecular weight is 536 g/mol. The zero-order chi connectivity index (χ0) is 25.9. The van der Waals surface area contributed by atoms with Crippen molar-refractivity contribution in [2.45, 2.75) is 48.8 Å². The summed E-state index contributed by atoms with van der Waals surface area (Å²) in [6.45, 7) is 4.02. The molecule has 0 aliphatic carbocycles. The van der Waals surface area contributed by atoms with Gasteiger partial charge in [0.15, 0.2) is 0 Å². The van der Waals surface area contributed by atoms with Crippen molar-refractivity contribution < 1.29 is 26.4 Å². The first-order valence-corrected chi connectivity index (χ1v) is 15.1. The number of nitrogens with zero attached hydrogens (tertiary/aromatic N) is 2. The summed E-state index contributed by atoms with van der Waals surface area (Å²) in [7, 11) is -5.91. The van der Waals surface area contributed by atoms with Crippen molar-refractivity contribution in [1.29, 1.82) is 0 Å². The van der Waals surface area contributed by atoms with Gasteiger partial charge >= 0.3 is 0 Å². The minimum atomic E-state index is -3.75. The molecule has 36 heavy (non-hydrogen) atoms. The molecule has 0 spiro atoms. The lowest BCUT2D eigenvalue weighted by atomic mass is 10.0. The Bertz CT molecular complexity index is 1300. The molecule has 11 heteroatoms. The van der Waals surface area contributed by atoms with E-state index in [1.54, 1.807) is 0 Å². The van der Waals surface area contributed by atoms with E-state index in [0.717, 1.165) is 32.1 Å². The van der Waals surface area contributed by atoms with Gasteiger partial charge in [0, 0.05) is 31.9 Å². The predicted molar refractivity (Wildman–Crippen MR) is 137 cm³/mol. The van der Waals surface area contributed by atoms with Crippen LogP contribution in [0.2, 0.25) is 0 Å². The quantitative estimate of drug-likeness (QED) is 0.580. The Morgan fingerprint density at radius 3 is 2.00 bits per heavy atom. The van der Waals surface area contributed by atoms with E-state index >= 15 is 0 Å². The van der Waals surface area contributed by atoms with Gasteiger partial charge in [-0.3, -0.25) is 4.79 Å². The molecule has 2 saturated heterocycles. The number of sulfonamides is 2. The van der Waals surface area contributed by atoms with Crippen LogP contribution in [-0.4, -0.2) is 64.6 Å². The van der Waals surface area contributed by atoms with Crippen LogP contribution in [0, 0.1) is 5.92 Å². The van der Waals surface area contributed by atoms with Gasteiger partial charge in [-0.05, 0) is 74.1 Å². The highest BCUT2D eigenvalue weighted by molar-refractivity contribution is 7.89. The van der Waals surface area contributed by atoms with Crippen molar-refractivity contribution in [3.05, 3.63) is 48.0 Å². The summed E-state index contributed by atoms with van der Waals surface area (Å²) in [6.07, 6.45) is 4.32. The van der Waals surface area contributed by atoms with Crippen LogP contribution in [0.25, 0.3) is 0 Å². The van der Waals surface area contributed by atoms with E-state index in [9.17, 15) is 21.6 Å². The van der Waals surface area contributed by atoms with Gasteiger partial charge < -0.3 is 10.1 Å². The van der Waals surface area contributed by atoms with Crippen LogP contribution in [0.4, 0.5) is 5.69 Å². The van der Waals surface area contributed by atoms with Crippen LogP contribution in [0.3, 0.4) is 0 Å². The summed E-state index contributed by atoms with van der Waals surface area (Å²) in [4.78, 5) is 13.3. The molecular weight excluding hydrogens is 502 g/mol. The number of amides is 1. The first kappa shape index (κ1) is 26.6. The van der Waals surface area contributed by atoms with Gasteiger partial charge in [0.05, 0.1) is 22.5 Å². The third-order valence-electron chi connectivity index (χ3n) is 6.86. The van der Waals surface area contributed by atoms with Crippen molar-refractivity contribution in [2.75, 3.05) is 38.6 Å². The van der Waals surface area contributed by atoms with E-state index < -0.39 is 26.0 Å². The van der Waals surface area contributed by atoms with Crippen LogP contribution in [0.5, 0.6) is 5.75 Å². The van der Waals surface area contributed by atoms with Gasteiger partial charge in [0.1, 0.15) is 5.75 Å². The van der Waals surface area contributed by atoms with Gasteiger partial charge in [0.25, 0.3) is 5.91 Å². The fraction of sp³-hybridized carbons (Fsp3) is 0.480. The smallest absolute Gasteiger partial charge is 0.259 e. The Morgan fingerprint density at radius 2 is 1.39 bits per heavy atom. The molecule has 1 N–H and O–H groups in total. The molecule has 0 unspecified atom stereocenters. The maximum absolute atomic E-state index is 13.2. The molecule has 2 aliphatic rings. The number of anilines is 1. The molecule has 2 aromatic carbocycles. The summed E-state index contributed by atoms with van der Waals surface area (Å²) in [6, 6.07) is 10.2. The lowest BCUT2D eigenvalue weighted by Crippen LogP contribution is -2.37. The third-order valence-corrected chi connectivity index (χ3v) is 10.7. The molecule has 0 bridgehead atoms. The average Bonchev–Trinajstić information content (AvgIpc) is 2.89. The van der Waals surface area contributed by atoms with Gasteiger partial charge in [-0.2, -0.15) is 8.61 Å². The second-order valence-electron chi connectivity index (χ2n) is 9.39. The third kappa shape index (κ3) is 5.59. The lowest BCUT2D eigenvalue weighted by Gasteiger charge is -2.29. The zero-order valence-electron chi connectivity index (χ0n) is 20.6. The number of hydrogen-bond acceptors (Lipinski definition) is 6. The van der Waals surface area contributed by atoms with Crippen molar-refractivity contribution >= 4 is 31.6 Å². The number of methoxy groups -OCH3 is 1. The number of ether oxygens (including phenoxy) is 1. The maximum atomic E-state index is 13.2. The van der Waals surface area contributed by atoms with Crippen LogP contribution in [0.15, 0.2) is 52.3 Å². The molecule has 2 fully saturated rings. The summed E-state index contributed by atoms with van der Waals surface area (Å²) in [5.74, 6) is 0.167. The standard InChI is InChI=1S/C25H33N3O6S2/c1-19-12-16-28(17-13-19)36(32,33)22-10-11-24(34-2)23(18-22)25(29)26-20-6-8-21(9-7-20)35(30,31)27-14-4-3-5-15-27/h6-11,18-19H,3-5,12-17H2,1-2H3,(H,26,29). The minimum Gasteiger partial charge on any atom is -0.496 e. The molecule has 0 radical (unpaired) electrons. The van der Waals surface area contributed by atoms with Crippen molar-refractivity contribution in [3.8, 4) is 5.75 Å². The van der Waals surface area contributed by atoms with E-state index in [1.165, 1.54) is 58.2 Å². The second-order valence-corrected chi connectivity index (χ2v) is 13.3. The highest BCUT2D eigenvalue weighted by Crippen LogP contribution is 2.28. The number of carbonyl (C=O) groups excluding carboxylic acids is 1. The fourth-order valence-electron chi connectivity index (χ4n) is 4.56. The number of carbonyl (C=O) groups is 1. The molecule has 2 heterocycles. The van der Waals surface area contributed by atoms with Gasteiger partial charge in [-0.25, -0.2) is 16.8 Å². The van der Waals surface area contributed by atoms with E-state index in [1.807, 2.05) is 0 Å². The van der Waals surface area contributed by atoms with Crippen LogP contribution in [0.1, 0.15) is 49.4 Å². The highest BCUT2D eigenvalue weighted by Gasteiger charge is 2.30. The predicted octanol–water partition coefficient (Wildman–Crippen LogP) is 3.54. The zero-order valence-corrected chi connectivity index (χ0v) is 22.3. The normalized spacial score (nSPS) is 18.6. The Balaban J connectivity index is 1.53. The highest BCUT2D eigenvalue weighted by atomic mass is 32.2. The number of hydrogen-bond donors (Lipinski definition) is 1. The Morgan fingerprint density at radius 1 is 0.833 bits per heavy atom. The molecule has 4 rings (SSSR count). The van der Waals surface area contributed by atoms with Gasteiger partial charge in [-0.15, -0.1) is 0 Å². The molecule has 1 amide bonds. The first-order valence-electron chi connectivity index (χ1n) is 12.2. The number of piperidine rings is 2. The second kappa shape index (κ2) is 10.9. The maximum Gasteiger partial charge on any atom is 0.259 e. The minimum absolute atomic E-state index is 0.0333. The largest absolute Gasteiger partial charge is 0.496 e. The molecule has 196 valence electrons. The Labute approximate surface area is 213 Å². The monoisotopic (exact) mass is 535 g/mol. The van der Waals surface area contributed by atoms with Crippen molar-refractivity contribution in [1.82, 2.24) is 8.61 Å². The molecular formula is C25H33N3O6S2. The molecule has 2 aliphatic heterocycles. The molecule has 0 aromatic heterocycles. The van der Waals surface area contributed by atoms with Crippen molar-refractivity contribution in [2.24, 2.45) is 5.92 Å². The first-order chi connectivity index (χ1) is 17.1. The molecule has 9 nitrogen and oxygen atoms in total. The molecule has 0 saturated carbocycles. The SMILES string of the molecule is COc1ccc(S(=O)(=O)N2CCC(C)CC2)cc1C(=O)Nc1ccc(S(=O)(=O)N2CCCCC2)cc1. The number of benzene rings is 2. The van der Waals surface area contributed by atoms with Crippen LogP contribution >= 0.6 is 0 Å². The van der Waals surface area contributed by atoms with E-state index in [-0.39, 0.29) is 21.1 Å². The summed E-state index contributed by atoms with van der Waals surface area (Å²) >= 11 is 0. The van der Waals surface area contributed by atoms with Crippen LogP contribution < -0.4 is 10.1 Å². The van der Waals surface area contributed by atoms with Crippen molar-refractivity contribution in [3.63, 3.8) is 0 Å². The summed E-state index contributed by atoms with van der Waals surface area (Å²) in [5.41, 5.74) is 0.465. The van der Waals surface area contributed by atoms with E-state index in [2.05, 4.69) is 12.2 Å². The molecule has 0 atom stereocenters. The fourth-order valence-corrected chi connectivity index (χ4v) is 7.58. The number of nitrogens with one attached hydrogen (secondary N) is 1.